The summed E-state index contributed by atoms with van der Waals surface area (Å²) < 4.78 is 5.53. The third kappa shape index (κ3) is 4.54. The van der Waals surface area contributed by atoms with Crippen molar-refractivity contribution >= 4 is 5.91 Å². The van der Waals surface area contributed by atoms with Gasteiger partial charge in [0.15, 0.2) is 0 Å². The van der Waals surface area contributed by atoms with Crippen LogP contribution in [0.2, 0.25) is 0 Å². The SMILES string of the molecule is CN(CC(=O)NC[C@@H]1CCCO1)Cc1n[nH]c2c1CCCCC2. The molecule has 2 aliphatic rings. The Morgan fingerprint density at radius 3 is 3.04 bits per heavy atom. The van der Waals surface area contributed by atoms with Crippen LogP contribution < -0.4 is 5.32 Å². The number of rotatable bonds is 6. The Morgan fingerprint density at radius 2 is 2.22 bits per heavy atom. The van der Waals surface area contributed by atoms with Crippen molar-refractivity contribution in [2.45, 2.75) is 57.6 Å². The zero-order chi connectivity index (χ0) is 16.1. The van der Waals surface area contributed by atoms with Crippen molar-refractivity contribution in [3.8, 4) is 0 Å². The predicted molar refractivity (Wildman–Crippen MR) is 88.2 cm³/mol. The first-order valence-corrected chi connectivity index (χ1v) is 8.84. The minimum absolute atomic E-state index is 0.0598. The summed E-state index contributed by atoms with van der Waals surface area (Å²) >= 11 is 0. The highest BCUT2D eigenvalue weighted by Crippen LogP contribution is 2.22. The average molecular weight is 320 g/mol. The van der Waals surface area contributed by atoms with E-state index >= 15 is 0 Å². The van der Waals surface area contributed by atoms with E-state index < -0.39 is 0 Å². The van der Waals surface area contributed by atoms with E-state index in [1.807, 2.05) is 11.9 Å². The van der Waals surface area contributed by atoms with Gasteiger partial charge in [-0.25, -0.2) is 0 Å². The lowest BCUT2D eigenvalue weighted by atomic mass is 10.1. The minimum Gasteiger partial charge on any atom is -0.376 e. The van der Waals surface area contributed by atoms with E-state index in [1.165, 1.54) is 30.5 Å². The summed E-state index contributed by atoms with van der Waals surface area (Å²) in [6, 6.07) is 0. The van der Waals surface area contributed by atoms with Crippen LogP contribution in [-0.4, -0.2) is 53.9 Å². The molecule has 2 N–H and O–H groups in total. The number of carbonyl (C=O) groups excluding carboxylic acids is 1. The Labute approximate surface area is 138 Å². The minimum atomic E-state index is 0.0598. The zero-order valence-corrected chi connectivity index (χ0v) is 14.1. The van der Waals surface area contributed by atoms with Crippen LogP contribution in [0.25, 0.3) is 0 Å². The van der Waals surface area contributed by atoms with Crippen molar-refractivity contribution in [1.29, 1.82) is 0 Å². The second-order valence-electron chi connectivity index (χ2n) is 6.80. The van der Waals surface area contributed by atoms with Crippen molar-refractivity contribution in [3.63, 3.8) is 0 Å². The van der Waals surface area contributed by atoms with Crippen LogP contribution in [0, 0.1) is 0 Å². The number of hydrogen-bond acceptors (Lipinski definition) is 4. The molecule has 3 rings (SSSR count). The van der Waals surface area contributed by atoms with Crippen LogP contribution in [0.4, 0.5) is 0 Å². The number of H-pyrrole nitrogens is 1. The molecular formula is C17H28N4O2. The first-order valence-electron chi connectivity index (χ1n) is 8.84. The maximum absolute atomic E-state index is 12.0. The molecule has 0 radical (unpaired) electrons. The number of carbonyl (C=O) groups is 1. The van der Waals surface area contributed by atoms with Crippen molar-refractivity contribution in [1.82, 2.24) is 20.4 Å². The zero-order valence-electron chi connectivity index (χ0n) is 14.1. The Bertz CT molecular complexity index is 523. The molecule has 1 fully saturated rings. The molecule has 23 heavy (non-hydrogen) atoms. The van der Waals surface area contributed by atoms with Crippen molar-refractivity contribution < 1.29 is 9.53 Å². The third-order valence-corrected chi connectivity index (χ3v) is 4.78. The molecule has 0 unspecified atom stereocenters. The fourth-order valence-electron chi connectivity index (χ4n) is 3.50. The Balaban J connectivity index is 1.46. The fourth-order valence-corrected chi connectivity index (χ4v) is 3.50. The number of amides is 1. The van der Waals surface area contributed by atoms with E-state index in [1.54, 1.807) is 0 Å². The lowest BCUT2D eigenvalue weighted by molar-refractivity contribution is -0.122. The first kappa shape index (κ1) is 16.5. The predicted octanol–water partition coefficient (Wildman–Crippen LogP) is 1.41. The fraction of sp³-hybridized carbons (Fsp3) is 0.765. The molecule has 1 aromatic rings. The van der Waals surface area contributed by atoms with Crippen LogP contribution in [0.1, 0.15) is 49.1 Å². The summed E-state index contributed by atoms with van der Waals surface area (Å²) in [5.74, 6) is 0.0598. The van der Waals surface area contributed by atoms with Gasteiger partial charge in [-0.1, -0.05) is 6.42 Å². The highest BCUT2D eigenvalue weighted by Gasteiger charge is 2.19. The van der Waals surface area contributed by atoms with Crippen LogP contribution in [0.15, 0.2) is 0 Å². The Morgan fingerprint density at radius 1 is 1.35 bits per heavy atom. The lowest BCUT2D eigenvalue weighted by Gasteiger charge is -2.17. The standard InChI is InChI=1S/C17H28N4O2/c1-21(12-17(22)18-10-13-6-5-9-23-13)11-16-14-7-3-2-4-8-15(14)19-20-16/h13H,2-12H2,1H3,(H,18,22)(H,19,20)/t13-/m0/s1. The van der Waals surface area contributed by atoms with E-state index in [0.717, 1.165) is 44.5 Å². The van der Waals surface area contributed by atoms with Crippen molar-refractivity contribution in [3.05, 3.63) is 17.0 Å². The lowest BCUT2D eigenvalue weighted by Crippen LogP contribution is -2.38. The molecule has 0 aromatic carbocycles. The molecule has 6 nitrogen and oxygen atoms in total. The molecule has 0 saturated carbocycles. The highest BCUT2D eigenvalue weighted by molar-refractivity contribution is 5.78. The average Bonchev–Trinajstić information content (AvgIpc) is 3.10. The Kier molecular flexibility index (Phi) is 5.67. The van der Waals surface area contributed by atoms with Crippen LogP contribution in [0.3, 0.4) is 0 Å². The number of fused-ring (bicyclic) bond motifs is 1. The number of likely N-dealkylation sites (N-methyl/N-ethyl adjacent to an activating group) is 1. The van der Waals surface area contributed by atoms with Crippen molar-refractivity contribution in [2.75, 3.05) is 26.7 Å². The second kappa shape index (κ2) is 7.93. The Hall–Kier alpha value is -1.40. The van der Waals surface area contributed by atoms with E-state index in [4.69, 9.17) is 4.74 Å². The van der Waals surface area contributed by atoms with Crippen LogP contribution in [0.5, 0.6) is 0 Å². The van der Waals surface area contributed by atoms with Crippen LogP contribution >= 0.6 is 0 Å². The van der Waals surface area contributed by atoms with E-state index in [9.17, 15) is 4.79 Å². The number of aromatic amines is 1. The molecular weight excluding hydrogens is 292 g/mol. The van der Waals surface area contributed by atoms with Gasteiger partial charge < -0.3 is 10.1 Å². The van der Waals surface area contributed by atoms with Gasteiger partial charge in [-0.3, -0.25) is 14.8 Å². The molecule has 1 amide bonds. The summed E-state index contributed by atoms with van der Waals surface area (Å²) in [5, 5.41) is 10.6. The molecule has 1 aliphatic carbocycles. The summed E-state index contributed by atoms with van der Waals surface area (Å²) in [6.45, 7) is 2.57. The summed E-state index contributed by atoms with van der Waals surface area (Å²) in [5.41, 5.74) is 3.79. The topological polar surface area (TPSA) is 70.2 Å². The largest absolute Gasteiger partial charge is 0.376 e. The molecule has 0 spiro atoms. The number of aromatic nitrogens is 2. The van der Waals surface area contributed by atoms with Gasteiger partial charge in [0.25, 0.3) is 0 Å². The summed E-state index contributed by atoms with van der Waals surface area (Å²) in [6.07, 6.45) is 8.35. The van der Waals surface area contributed by atoms with E-state index in [0.29, 0.717) is 13.1 Å². The van der Waals surface area contributed by atoms with Crippen LogP contribution in [-0.2, 0) is 28.9 Å². The van der Waals surface area contributed by atoms with Gasteiger partial charge in [-0.15, -0.1) is 0 Å². The molecule has 1 aliphatic heterocycles. The van der Waals surface area contributed by atoms with Gasteiger partial charge in [0.05, 0.1) is 18.3 Å². The highest BCUT2D eigenvalue weighted by atomic mass is 16.5. The monoisotopic (exact) mass is 320 g/mol. The van der Waals surface area contributed by atoms with Gasteiger partial charge in [0.2, 0.25) is 5.91 Å². The van der Waals surface area contributed by atoms with Gasteiger partial charge in [-0.05, 0) is 51.1 Å². The normalized spacial score (nSPS) is 21.2. The molecule has 1 saturated heterocycles. The third-order valence-electron chi connectivity index (χ3n) is 4.78. The second-order valence-corrected chi connectivity index (χ2v) is 6.80. The quantitative estimate of drug-likeness (QED) is 0.778. The van der Waals surface area contributed by atoms with E-state index in [2.05, 4.69) is 15.5 Å². The molecule has 1 aromatic heterocycles. The number of aryl methyl sites for hydroxylation is 1. The maximum atomic E-state index is 12.0. The number of nitrogens with zero attached hydrogens (tertiary/aromatic N) is 2. The molecule has 6 heteroatoms. The molecule has 2 heterocycles. The van der Waals surface area contributed by atoms with Crippen molar-refractivity contribution in [2.24, 2.45) is 0 Å². The summed E-state index contributed by atoms with van der Waals surface area (Å²) in [7, 11) is 1.98. The number of nitrogens with one attached hydrogen (secondary N) is 2. The van der Waals surface area contributed by atoms with E-state index in [-0.39, 0.29) is 12.0 Å². The summed E-state index contributed by atoms with van der Waals surface area (Å²) in [4.78, 5) is 14.1. The van der Waals surface area contributed by atoms with Gasteiger partial charge in [-0.2, -0.15) is 5.10 Å². The smallest absolute Gasteiger partial charge is 0.234 e. The number of hydrogen-bond donors (Lipinski definition) is 2. The van der Waals surface area contributed by atoms with Gasteiger partial charge in [0, 0.05) is 25.4 Å². The van der Waals surface area contributed by atoms with Gasteiger partial charge in [0.1, 0.15) is 0 Å². The maximum Gasteiger partial charge on any atom is 0.234 e. The number of ether oxygens (including phenoxy) is 1. The molecule has 0 bridgehead atoms. The first-order chi connectivity index (χ1) is 11.2. The molecule has 128 valence electrons. The van der Waals surface area contributed by atoms with Gasteiger partial charge >= 0.3 is 0 Å². The molecule has 1 atom stereocenters.